The van der Waals surface area contributed by atoms with E-state index in [0.717, 1.165) is 32.4 Å². The van der Waals surface area contributed by atoms with Crippen molar-refractivity contribution in [2.45, 2.75) is 25.3 Å². The van der Waals surface area contributed by atoms with Crippen molar-refractivity contribution in [3.63, 3.8) is 0 Å². The predicted octanol–water partition coefficient (Wildman–Crippen LogP) is -0.685. The summed E-state index contributed by atoms with van der Waals surface area (Å²) < 4.78 is 1.73. The van der Waals surface area contributed by atoms with Crippen LogP contribution in [-0.4, -0.2) is 52.2 Å². The van der Waals surface area contributed by atoms with E-state index in [9.17, 15) is 4.79 Å². The second-order valence-corrected chi connectivity index (χ2v) is 4.44. The van der Waals surface area contributed by atoms with Gasteiger partial charge in [0.15, 0.2) is 5.69 Å². The molecule has 2 rings (SSSR count). The first-order chi connectivity index (χ1) is 8.81. The predicted molar refractivity (Wildman–Crippen MR) is 65.2 cm³/mol. The number of hydrogen-bond donors (Lipinski definition) is 3. The first kappa shape index (κ1) is 13.0. The molecule has 1 aromatic rings. The van der Waals surface area contributed by atoms with Crippen molar-refractivity contribution in [3.8, 4) is 0 Å². The van der Waals surface area contributed by atoms with Crippen molar-refractivity contribution in [1.29, 1.82) is 0 Å². The van der Waals surface area contributed by atoms with Gasteiger partial charge in [-0.2, -0.15) is 0 Å². The van der Waals surface area contributed by atoms with Gasteiger partial charge in [0.1, 0.15) is 0 Å². The van der Waals surface area contributed by atoms with Crippen molar-refractivity contribution in [2.75, 3.05) is 26.2 Å². The normalized spacial score (nSPS) is 15.4. The lowest BCUT2D eigenvalue weighted by molar-refractivity contribution is 0.0947. The zero-order valence-electron chi connectivity index (χ0n) is 10.3. The van der Waals surface area contributed by atoms with Crippen LogP contribution >= 0.6 is 0 Å². The molecule has 1 aromatic heterocycles. The molecule has 1 saturated heterocycles. The van der Waals surface area contributed by atoms with E-state index in [4.69, 9.17) is 5.11 Å². The van der Waals surface area contributed by atoms with Crippen molar-refractivity contribution in [1.82, 2.24) is 25.6 Å². The molecule has 0 aliphatic carbocycles. The Morgan fingerprint density at radius 1 is 1.50 bits per heavy atom. The zero-order chi connectivity index (χ0) is 12.8. The maximum Gasteiger partial charge on any atom is 0.273 e. The second-order valence-electron chi connectivity index (χ2n) is 4.44. The maximum atomic E-state index is 11.7. The Bertz CT molecular complexity index is 389. The quantitative estimate of drug-likeness (QED) is 0.560. The molecule has 0 aromatic carbocycles. The minimum atomic E-state index is -0.183. The number of nitrogens with zero attached hydrogens (tertiary/aromatic N) is 3. The summed E-state index contributed by atoms with van der Waals surface area (Å²) >= 11 is 0. The third-order valence-corrected chi connectivity index (χ3v) is 3.00. The van der Waals surface area contributed by atoms with Gasteiger partial charge in [-0.1, -0.05) is 5.21 Å². The standard InChI is InChI=1S/C11H19N5O2/c17-5-3-1-2-4-13-11(18)10-8-16(15-14-10)9-6-12-7-9/h8-9,12,17H,1-7H2,(H,13,18). The Labute approximate surface area is 106 Å². The molecule has 0 radical (unpaired) electrons. The minimum absolute atomic E-state index is 0.183. The van der Waals surface area contributed by atoms with Crippen LogP contribution in [0.25, 0.3) is 0 Å². The van der Waals surface area contributed by atoms with Crippen LogP contribution in [-0.2, 0) is 0 Å². The van der Waals surface area contributed by atoms with Gasteiger partial charge in [-0.05, 0) is 19.3 Å². The molecular weight excluding hydrogens is 234 g/mol. The van der Waals surface area contributed by atoms with Crippen molar-refractivity contribution in [2.24, 2.45) is 0 Å². The number of aliphatic hydroxyl groups excluding tert-OH is 1. The molecular formula is C11H19N5O2. The molecule has 0 bridgehead atoms. The van der Waals surface area contributed by atoms with Gasteiger partial charge in [-0.3, -0.25) is 4.79 Å². The van der Waals surface area contributed by atoms with Gasteiger partial charge in [-0.15, -0.1) is 5.10 Å². The topological polar surface area (TPSA) is 92.1 Å². The van der Waals surface area contributed by atoms with Crippen LogP contribution in [0.4, 0.5) is 0 Å². The summed E-state index contributed by atoms with van der Waals surface area (Å²) in [5, 5.41) is 22.4. The molecule has 1 fully saturated rings. The Morgan fingerprint density at radius 3 is 3.00 bits per heavy atom. The largest absolute Gasteiger partial charge is 0.396 e. The van der Waals surface area contributed by atoms with E-state index in [1.54, 1.807) is 10.9 Å². The minimum Gasteiger partial charge on any atom is -0.396 e. The van der Waals surface area contributed by atoms with Gasteiger partial charge in [0.05, 0.1) is 12.2 Å². The molecule has 18 heavy (non-hydrogen) atoms. The summed E-state index contributed by atoms with van der Waals surface area (Å²) in [6, 6.07) is 0.323. The number of aliphatic hydroxyl groups is 1. The van der Waals surface area contributed by atoms with Gasteiger partial charge >= 0.3 is 0 Å². The summed E-state index contributed by atoms with van der Waals surface area (Å²) in [6.07, 6.45) is 4.25. The molecule has 7 heteroatoms. The molecule has 0 saturated carbocycles. The summed E-state index contributed by atoms with van der Waals surface area (Å²) in [7, 11) is 0. The highest BCUT2D eigenvalue weighted by molar-refractivity contribution is 5.91. The molecule has 3 N–H and O–H groups in total. The van der Waals surface area contributed by atoms with Gasteiger partial charge in [0, 0.05) is 26.2 Å². The summed E-state index contributed by atoms with van der Waals surface area (Å²) in [6.45, 7) is 2.57. The van der Waals surface area contributed by atoms with Crippen LogP contribution in [0.1, 0.15) is 35.8 Å². The maximum absolute atomic E-state index is 11.7. The van der Waals surface area contributed by atoms with Crippen molar-refractivity contribution in [3.05, 3.63) is 11.9 Å². The Kier molecular flexibility index (Phi) is 4.66. The number of nitrogens with one attached hydrogen (secondary N) is 2. The lowest BCUT2D eigenvalue weighted by Crippen LogP contribution is -2.43. The molecule has 100 valence electrons. The van der Waals surface area contributed by atoms with E-state index in [0.29, 0.717) is 18.3 Å². The smallest absolute Gasteiger partial charge is 0.273 e. The van der Waals surface area contributed by atoms with Crippen LogP contribution in [0, 0.1) is 0 Å². The van der Waals surface area contributed by atoms with E-state index in [1.165, 1.54) is 0 Å². The van der Waals surface area contributed by atoms with E-state index < -0.39 is 0 Å². The summed E-state index contributed by atoms with van der Waals surface area (Å²) in [5.41, 5.74) is 0.365. The average molecular weight is 253 g/mol. The fourth-order valence-corrected chi connectivity index (χ4v) is 1.73. The number of carbonyl (C=O) groups is 1. The van der Waals surface area contributed by atoms with E-state index in [-0.39, 0.29) is 12.5 Å². The van der Waals surface area contributed by atoms with E-state index >= 15 is 0 Å². The van der Waals surface area contributed by atoms with Crippen LogP contribution in [0.2, 0.25) is 0 Å². The first-order valence-electron chi connectivity index (χ1n) is 6.33. The van der Waals surface area contributed by atoms with Crippen molar-refractivity contribution < 1.29 is 9.90 Å². The Balaban J connectivity index is 1.72. The number of carbonyl (C=O) groups excluding carboxylic acids is 1. The number of aromatic nitrogens is 3. The lowest BCUT2D eigenvalue weighted by atomic mass is 10.2. The monoisotopic (exact) mass is 253 g/mol. The third kappa shape index (κ3) is 3.27. The highest BCUT2D eigenvalue weighted by Gasteiger charge is 2.21. The van der Waals surface area contributed by atoms with Gasteiger partial charge in [0.25, 0.3) is 5.91 Å². The van der Waals surface area contributed by atoms with Gasteiger partial charge in [-0.25, -0.2) is 4.68 Å². The second kappa shape index (κ2) is 6.46. The van der Waals surface area contributed by atoms with E-state index in [2.05, 4.69) is 20.9 Å². The van der Waals surface area contributed by atoms with Crippen LogP contribution < -0.4 is 10.6 Å². The number of amides is 1. The van der Waals surface area contributed by atoms with E-state index in [1.807, 2.05) is 0 Å². The molecule has 0 spiro atoms. The fraction of sp³-hybridized carbons (Fsp3) is 0.727. The first-order valence-corrected chi connectivity index (χ1v) is 6.33. The molecule has 1 aliphatic rings. The van der Waals surface area contributed by atoms with Gasteiger partial charge in [0.2, 0.25) is 0 Å². The lowest BCUT2D eigenvalue weighted by Gasteiger charge is -2.26. The molecule has 7 nitrogen and oxygen atoms in total. The third-order valence-electron chi connectivity index (χ3n) is 3.00. The van der Waals surface area contributed by atoms with Crippen LogP contribution in [0.3, 0.4) is 0 Å². The van der Waals surface area contributed by atoms with Crippen LogP contribution in [0.5, 0.6) is 0 Å². The molecule has 0 unspecified atom stereocenters. The average Bonchev–Trinajstić information content (AvgIpc) is 2.75. The Morgan fingerprint density at radius 2 is 2.33 bits per heavy atom. The fourth-order valence-electron chi connectivity index (χ4n) is 1.73. The highest BCUT2D eigenvalue weighted by Crippen LogP contribution is 2.09. The van der Waals surface area contributed by atoms with Gasteiger partial charge < -0.3 is 15.7 Å². The van der Waals surface area contributed by atoms with Crippen molar-refractivity contribution >= 4 is 5.91 Å². The Hall–Kier alpha value is -1.47. The molecule has 2 heterocycles. The molecule has 1 amide bonds. The molecule has 1 aliphatic heterocycles. The number of hydrogen-bond acceptors (Lipinski definition) is 5. The SMILES string of the molecule is O=C(NCCCCCO)c1cn(C2CNC2)nn1. The van der Waals surface area contributed by atoms with Crippen LogP contribution in [0.15, 0.2) is 6.20 Å². The zero-order valence-corrected chi connectivity index (χ0v) is 10.3. The summed E-state index contributed by atoms with van der Waals surface area (Å²) in [4.78, 5) is 11.7. The molecule has 0 atom stereocenters. The number of rotatable bonds is 7. The number of unbranched alkanes of at least 4 members (excludes halogenated alkanes) is 2. The summed E-state index contributed by atoms with van der Waals surface area (Å²) in [5.74, 6) is -0.183. The highest BCUT2D eigenvalue weighted by atomic mass is 16.2.